The number of ether oxygens (including phenoxy) is 2. The minimum atomic E-state index is -0.505. The number of carbonyl (C=O) groups excluding carboxylic acids is 2. The van der Waals surface area contributed by atoms with Crippen molar-refractivity contribution in [3.63, 3.8) is 0 Å². The van der Waals surface area contributed by atoms with E-state index in [9.17, 15) is 19.7 Å². The molecule has 156 valence electrons. The first-order chi connectivity index (χ1) is 14.0. The predicted octanol–water partition coefficient (Wildman–Crippen LogP) is 3.32. The Labute approximate surface area is 170 Å². The summed E-state index contributed by atoms with van der Waals surface area (Å²) in [7, 11) is 1.64. The number of morpholine rings is 1. The molecule has 29 heavy (non-hydrogen) atoms. The highest BCUT2D eigenvalue weighted by Crippen LogP contribution is 2.21. The molecule has 1 amide bonds. The molecule has 0 saturated carbocycles. The second kappa shape index (κ2) is 13.1. The Morgan fingerprint density at radius 1 is 1.17 bits per heavy atom. The number of methoxy groups -OCH3 is 1. The molecule has 2 atom stereocenters. The van der Waals surface area contributed by atoms with Gasteiger partial charge in [-0.25, -0.2) is 0 Å². The number of nitro benzene ring substituents is 1. The molecule has 2 aromatic rings. The smallest absolute Gasteiger partial charge is 0.269 e. The number of hydrogen-bond donors (Lipinski definition) is 1. The number of amides is 1. The van der Waals surface area contributed by atoms with Crippen LogP contribution in [0.2, 0.25) is 0 Å². The quantitative estimate of drug-likeness (QED) is 0.467. The van der Waals surface area contributed by atoms with Gasteiger partial charge in [0, 0.05) is 24.8 Å². The molecule has 0 spiro atoms. The van der Waals surface area contributed by atoms with Crippen molar-refractivity contribution in [3.8, 4) is 0 Å². The Morgan fingerprint density at radius 3 is 2.28 bits per heavy atom. The maximum absolute atomic E-state index is 11.2. The Kier molecular flexibility index (Phi) is 10.8. The molecular weight excluding hydrogens is 376 g/mol. The molecule has 0 aliphatic carbocycles. The van der Waals surface area contributed by atoms with Crippen LogP contribution in [0.3, 0.4) is 0 Å². The van der Waals surface area contributed by atoms with Gasteiger partial charge < -0.3 is 14.8 Å². The number of rotatable bonds is 5. The molecule has 2 unspecified atom stereocenters. The summed E-state index contributed by atoms with van der Waals surface area (Å²) in [6.45, 7) is 4.63. The molecule has 0 bridgehead atoms. The largest absolute Gasteiger partial charge is 0.375 e. The monoisotopic (exact) mass is 402 g/mol. The maximum Gasteiger partial charge on any atom is 0.269 e. The lowest BCUT2D eigenvalue weighted by Gasteiger charge is -2.30. The molecule has 2 aromatic carbocycles. The number of aldehydes is 1. The van der Waals surface area contributed by atoms with E-state index < -0.39 is 4.92 Å². The van der Waals surface area contributed by atoms with Gasteiger partial charge in [0.1, 0.15) is 19.0 Å². The van der Waals surface area contributed by atoms with Crippen LogP contribution in [-0.4, -0.2) is 43.5 Å². The zero-order valence-electron chi connectivity index (χ0n) is 16.7. The van der Waals surface area contributed by atoms with Crippen molar-refractivity contribution in [1.82, 2.24) is 5.32 Å². The standard InChI is InChI=1S/C12H15NO3.C7H5NO3.C2H6/c1-15-12(9-5-3-2-4-6-9)10-7-16-8-11(14)13-10;9-5-6-1-3-7(4-2-6)8(10)11;1-2/h2-6,10,12H,7-8H2,1H3,(H,13,14);1-5H;1-2H3. The van der Waals surface area contributed by atoms with Crippen molar-refractivity contribution in [2.75, 3.05) is 20.3 Å². The molecule has 1 aliphatic heterocycles. The van der Waals surface area contributed by atoms with Crippen LogP contribution in [0.25, 0.3) is 0 Å². The third-order valence-corrected chi connectivity index (χ3v) is 3.86. The Balaban J connectivity index is 0.000000284. The van der Waals surface area contributed by atoms with Gasteiger partial charge in [0.05, 0.1) is 17.6 Å². The summed E-state index contributed by atoms with van der Waals surface area (Å²) in [5.41, 5.74) is 1.48. The zero-order valence-corrected chi connectivity index (χ0v) is 16.7. The number of hydrogen-bond acceptors (Lipinski definition) is 6. The zero-order chi connectivity index (χ0) is 21.6. The average Bonchev–Trinajstić information content (AvgIpc) is 2.77. The van der Waals surface area contributed by atoms with E-state index in [0.29, 0.717) is 18.5 Å². The summed E-state index contributed by atoms with van der Waals surface area (Å²) in [6, 6.07) is 15.1. The second-order valence-corrected chi connectivity index (χ2v) is 5.72. The fourth-order valence-electron chi connectivity index (χ4n) is 2.58. The van der Waals surface area contributed by atoms with E-state index in [0.717, 1.165) is 5.56 Å². The fourth-order valence-corrected chi connectivity index (χ4v) is 2.58. The van der Waals surface area contributed by atoms with Crippen LogP contribution in [0.5, 0.6) is 0 Å². The summed E-state index contributed by atoms with van der Waals surface area (Å²) in [5, 5.41) is 13.0. The number of non-ortho nitro benzene ring substituents is 1. The van der Waals surface area contributed by atoms with Crippen molar-refractivity contribution in [2.45, 2.75) is 26.0 Å². The van der Waals surface area contributed by atoms with Gasteiger partial charge in [0.25, 0.3) is 5.69 Å². The first-order valence-corrected chi connectivity index (χ1v) is 9.19. The lowest BCUT2D eigenvalue weighted by molar-refractivity contribution is -0.384. The molecule has 8 nitrogen and oxygen atoms in total. The molecule has 1 fully saturated rings. The Bertz CT molecular complexity index is 765. The van der Waals surface area contributed by atoms with E-state index in [4.69, 9.17) is 9.47 Å². The summed E-state index contributed by atoms with van der Waals surface area (Å²) in [5.74, 6) is -0.0887. The van der Waals surface area contributed by atoms with Gasteiger partial charge in [0.15, 0.2) is 0 Å². The van der Waals surface area contributed by atoms with Crippen molar-refractivity contribution < 1.29 is 24.0 Å². The van der Waals surface area contributed by atoms with Gasteiger partial charge in [-0.05, 0) is 17.7 Å². The molecule has 1 aliphatic rings. The van der Waals surface area contributed by atoms with Crippen LogP contribution in [-0.2, 0) is 14.3 Å². The molecular formula is C21H26N2O6. The summed E-state index contributed by atoms with van der Waals surface area (Å²) in [4.78, 5) is 31.0. The fraction of sp³-hybridized carbons (Fsp3) is 0.333. The topological polar surface area (TPSA) is 108 Å². The number of nitrogens with zero attached hydrogens (tertiary/aromatic N) is 1. The van der Waals surface area contributed by atoms with E-state index in [-0.39, 0.29) is 30.3 Å². The number of nitro groups is 1. The average molecular weight is 402 g/mol. The minimum Gasteiger partial charge on any atom is -0.375 e. The summed E-state index contributed by atoms with van der Waals surface area (Å²) < 4.78 is 10.6. The van der Waals surface area contributed by atoms with Crippen molar-refractivity contribution in [2.24, 2.45) is 0 Å². The Hall–Kier alpha value is -3.10. The first-order valence-electron chi connectivity index (χ1n) is 9.19. The van der Waals surface area contributed by atoms with Crippen molar-refractivity contribution >= 4 is 17.9 Å². The van der Waals surface area contributed by atoms with Gasteiger partial charge in [-0.1, -0.05) is 44.2 Å². The minimum absolute atomic E-state index is 0.00407. The third-order valence-electron chi connectivity index (χ3n) is 3.86. The van der Waals surface area contributed by atoms with Gasteiger partial charge in [-0.2, -0.15) is 0 Å². The van der Waals surface area contributed by atoms with E-state index in [1.165, 1.54) is 24.3 Å². The Morgan fingerprint density at radius 2 is 1.79 bits per heavy atom. The number of nitrogens with one attached hydrogen (secondary N) is 1. The highest BCUT2D eigenvalue weighted by Gasteiger charge is 2.28. The highest BCUT2D eigenvalue weighted by molar-refractivity contribution is 5.78. The van der Waals surface area contributed by atoms with Gasteiger partial charge in [0.2, 0.25) is 5.91 Å². The predicted molar refractivity (Wildman–Crippen MR) is 109 cm³/mol. The highest BCUT2D eigenvalue weighted by atomic mass is 16.6. The van der Waals surface area contributed by atoms with Crippen molar-refractivity contribution in [1.29, 1.82) is 0 Å². The van der Waals surface area contributed by atoms with Crippen LogP contribution in [0.4, 0.5) is 5.69 Å². The van der Waals surface area contributed by atoms with Crippen LogP contribution in [0, 0.1) is 10.1 Å². The lowest BCUT2D eigenvalue weighted by Crippen LogP contribution is -2.49. The normalized spacial score (nSPS) is 16.1. The molecule has 1 heterocycles. The second-order valence-electron chi connectivity index (χ2n) is 5.72. The lowest BCUT2D eigenvalue weighted by atomic mass is 10.0. The van der Waals surface area contributed by atoms with Crippen LogP contribution < -0.4 is 5.32 Å². The van der Waals surface area contributed by atoms with Crippen LogP contribution in [0.1, 0.15) is 35.9 Å². The van der Waals surface area contributed by atoms with Crippen LogP contribution in [0.15, 0.2) is 54.6 Å². The van der Waals surface area contributed by atoms with Gasteiger partial charge in [-0.15, -0.1) is 0 Å². The molecule has 0 radical (unpaired) electrons. The number of carbonyl (C=O) groups is 2. The maximum atomic E-state index is 11.2. The van der Waals surface area contributed by atoms with E-state index in [1.807, 2.05) is 44.2 Å². The van der Waals surface area contributed by atoms with Crippen LogP contribution >= 0.6 is 0 Å². The first kappa shape index (κ1) is 23.9. The molecule has 0 aromatic heterocycles. The molecule has 1 saturated heterocycles. The van der Waals surface area contributed by atoms with E-state index in [1.54, 1.807) is 7.11 Å². The summed E-state index contributed by atoms with van der Waals surface area (Å²) >= 11 is 0. The number of benzene rings is 2. The van der Waals surface area contributed by atoms with E-state index >= 15 is 0 Å². The van der Waals surface area contributed by atoms with E-state index in [2.05, 4.69) is 5.32 Å². The third kappa shape index (κ3) is 7.81. The summed E-state index contributed by atoms with van der Waals surface area (Å²) in [6.07, 6.45) is 0.481. The molecule has 1 N–H and O–H groups in total. The van der Waals surface area contributed by atoms with Crippen molar-refractivity contribution in [3.05, 3.63) is 75.8 Å². The van der Waals surface area contributed by atoms with Gasteiger partial charge in [-0.3, -0.25) is 19.7 Å². The SMILES string of the molecule is CC.COC(c1ccccc1)C1COCC(=O)N1.O=Cc1ccc([N+](=O)[O-])cc1. The molecule has 8 heteroatoms. The molecule has 3 rings (SSSR count). The van der Waals surface area contributed by atoms with Gasteiger partial charge >= 0.3 is 0 Å².